The Bertz CT molecular complexity index is 554. The van der Waals surface area contributed by atoms with Crippen LogP contribution in [0, 0.1) is 25.2 Å². The molecule has 22 heavy (non-hydrogen) atoms. The minimum absolute atomic E-state index is 0.407. The highest BCUT2D eigenvalue weighted by molar-refractivity contribution is 5.57. The van der Waals surface area contributed by atoms with Crippen molar-refractivity contribution in [1.29, 1.82) is 5.26 Å². The van der Waals surface area contributed by atoms with Crippen molar-refractivity contribution < 1.29 is 4.74 Å². The van der Waals surface area contributed by atoms with E-state index in [0.29, 0.717) is 11.6 Å². The lowest BCUT2D eigenvalue weighted by molar-refractivity contribution is 0.0925. The number of aryl methyl sites for hydroxylation is 1. The van der Waals surface area contributed by atoms with E-state index in [1.165, 1.54) is 0 Å². The molecule has 120 valence electrons. The lowest BCUT2D eigenvalue weighted by Gasteiger charge is -2.40. The Morgan fingerprint density at radius 2 is 2.09 bits per heavy atom. The number of hydrogen-bond donors (Lipinski definition) is 0. The van der Waals surface area contributed by atoms with Crippen molar-refractivity contribution in [2.24, 2.45) is 0 Å². The van der Waals surface area contributed by atoms with Crippen LogP contribution in [0.5, 0.6) is 0 Å². The molecule has 0 bridgehead atoms. The topological polar surface area (TPSA) is 65.3 Å². The monoisotopic (exact) mass is 303 g/mol. The van der Waals surface area contributed by atoms with Crippen molar-refractivity contribution in [3.8, 4) is 6.07 Å². The molecule has 1 fully saturated rings. The number of hydrogen-bond acceptors (Lipinski definition) is 6. The van der Waals surface area contributed by atoms with E-state index in [1.54, 1.807) is 0 Å². The number of piperazine rings is 1. The summed E-state index contributed by atoms with van der Waals surface area (Å²) >= 11 is 0. The number of nitriles is 1. The van der Waals surface area contributed by atoms with E-state index in [1.807, 2.05) is 20.8 Å². The molecule has 1 aliphatic heterocycles. The lowest BCUT2D eigenvalue weighted by atomic mass is 10.1. The van der Waals surface area contributed by atoms with Crippen molar-refractivity contribution in [2.75, 3.05) is 44.3 Å². The van der Waals surface area contributed by atoms with Crippen molar-refractivity contribution in [2.45, 2.75) is 33.7 Å². The summed E-state index contributed by atoms with van der Waals surface area (Å²) in [5.41, 5.74) is 2.41. The molecule has 1 saturated heterocycles. The van der Waals surface area contributed by atoms with Crippen molar-refractivity contribution in [3.05, 3.63) is 16.8 Å². The van der Waals surface area contributed by atoms with Gasteiger partial charge in [0.1, 0.15) is 11.6 Å². The van der Waals surface area contributed by atoms with Crippen LogP contribution in [0.25, 0.3) is 0 Å². The van der Waals surface area contributed by atoms with Gasteiger partial charge in [0.2, 0.25) is 0 Å². The van der Waals surface area contributed by atoms with E-state index in [9.17, 15) is 5.26 Å². The Kier molecular flexibility index (Phi) is 5.69. The van der Waals surface area contributed by atoms with E-state index in [4.69, 9.17) is 4.74 Å². The van der Waals surface area contributed by atoms with Gasteiger partial charge >= 0.3 is 0 Å². The van der Waals surface area contributed by atoms with Crippen LogP contribution in [0.15, 0.2) is 0 Å². The molecule has 2 heterocycles. The predicted molar refractivity (Wildman–Crippen MR) is 86.0 cm³/mol. The molecule has 0 spiro atoms. The molecule has 6 nitrogen and oxygen atoms in total. The maximum atomic E-state index is 9.44. The van der Waals surface area contributed by atoms with Crippen LogP contribution in [0.3, 0.4) is 0 Å². The van der Waals surface area contributed by atoms with E-state index in [-0.39, 0.29) is 0 Å². The summed E-state index contributed by atoms with van der Waals surface area (Å²) in [6.45, 7) is 13.2. The maximum Gasteiger partial charge on any atom is 0.169 e. The smallest absolute Gasteiger partial charge is 0.169 e. The van der Waals surface area contributed by atoms with Crippen molar-refractivity contribution >= 4 is 5.82 Å². The normalized spacial score (nSPS) is 19.2. The summed E-state index contributed by atoms with van der Waals surface area (Å²) in [6.07, 6.45) is 0. The minimum Gasteiger partial charge on any atom is -0.380 e. The predicted octanol–water partition coefficient (Wildman–Crippen LogP) is 1.51. The number of rotatable bonds is 5. The average molecular weight is 303 g/mol. The van der Waals surface area contributed by atoms with Crippen LogP contribution in [0.2, 0.25) is 0 Å². The van der Waals surface area contributed by atoms with Crippen molar-refractivity contribution in [3.63, 3.8) is 0 Å². The third-order valence-electron chi connectivity index (χ3n) is 4.34. The standard InChI is InChI=1S/C16H25N5O/c1-5-22-9-8-20-6-7-21(11-12(20)2)16-15(10-17)13(3)14(4)18-19-16/h12H,5-9,11H2,1-4H3/t12-/m0/s1. The van der Waals surface area contributed by atoms with E-state index >= 15 is 0 Å². The van der Waals surface area contributed by atoms with Gasteiger partial charge in [0.05, 0.1) is 12.3 Å². The van der Waals surface area contributed by atoms with Crippen LogP contribution in [-0.4, -0.2) is 60.5 Å². The first kappa shape index (κ1) is 16.7. The van der Waals surface area contributed by atoms with Gasteiger partial charge in [-0.05, 0) is 33.3 Å². The zero-order valence-electron chi connectivity index (χ0n) is 14.0. The maximum absolute atomic E-state index is 9.44. The zero-order valence-corrected chi connectivity index (χ0v) is 14.0. The third kappa shape index (κ3) is 3.54. The van der Waals surface area contributed by atoms with Gasteiger partial charge in [-0.1, -0.05) is 0 Å². The lowest BCUT2D eigenvalue weighted by Crippen LogP contribution is -2.53. The fourth-order valence-corrected chi connectivity index (χ4v) is 2.80. The quantitative estimate of drug-likeness (QED) is 0.768. The Labute approximate surface area is 132 Å². The van der Waals surface area contributed by atoms with Gasteiger partial charge in [0.25, 0.3) is 0 Å². The van der Waals surface area contributed by atoms with Crippen LogP contribution in [-0.2, 0) is 4.74 Å². The van der Waals surface area contributed by atoms with Gasteiger partial charge in [-0.25, -0.2) is 0 Å². The van der Waals surface area contributed by atoms with Crippen LogP contribution in [0.1, 0.15) is 30.7 Å². The summed E-state index contributed by atoms with van der Waals surface area (Å²) in [7, 11) is 0. The first-order chi connectivity index (χ1) is 10.6. The Morgan fingerprint density at radius 1 is 1.32 bits per heavy atom. The second kappa shape index (κ2) is 7.52. The fraction of sp³-hybridized carbons (Fsp3) is 0.688. The van der Waals surface area contributed by atoms with Gasteiger partial charge in [0.15, 0.2) is 5.82 Å². The van der Waals surface area contributed by atoms with E-state index in [2.05, 4.69) is 33.0 Å². The molecule has 0 aliphatic carbocycles. The highest BCUT2D eigenvalue weighted by atomic mass is 16.5. The highest BCUT2D eigenvalue weighted by Gasteiger charge is 2.26. The van der Waals surface area contributed by atoms with E-state index in [0.717, 1.165) is 56.5 Å². The highest BCUT2D eigenvalue weighted by Crippen LogP contribution is 2.23. The first-order valence-corrected chi connectivity index (χ1v) is 7.89. The molecule has 0 unspecified atom stereocenters. The number of aromatic nitrogens is 2. The molecule has 2 rings (SSSR count). The van der Waals surface area contributed by atoms with Crippen LogP contribution in [0.4, 0.5) is 5.82 Å². The second-order valence-electron chi connectivity index (χ2n) is 5.75. The number of ether oxygens (including phenoxy) is 1. The largest absolute Gasteiger partial charge is 0.380 e. The van der Waals surface area contributed by atoms with Crippen molar-refractivity contribution in [1.82, 2.24) is 15.1 Å². The summed E-state index contributed by atoms with van der Waals surface area (Å²) in [6, 6.07) is 2.70. The molecule has 0 saturated carbocycles. The summed E-state index contributed by atoms with van der Waals surface area (Å²) in [5, 5.41) is 17.9. The zero-order chi connectivity index (χ0) is 16.1. The molecular formula is C16H25N5O. The molecule has 1 aromatic rings. The molecule has 0 aromatic carbocycles. The summed E-state index contributed by atoms with van der Waals surface area (Å²) in [5.74, 6) is 0.724. The number of anilines is 1. The fourth-order valence-electron chi connectivity index (χ4n) is 2.80. The molecule has 6 heteroatoms. The molecule has 0 amide bonds. The molecule has 0 N–H and O–H groups in total. The summed E-state index contributed by atoms with van der Waals surface area (Å²) in [4.78, 5) is 4.60. The Balaban J connectivity index is 2.08. The average Bonchev–Trinajstić information content (AvgIpc) is 2.51. The first-order valence-electron chi connectivity index (χ1n) is 7.89. The van der Waals surface area contributed by atoms with Gasteiger partial charge in [-0.3, -0.25) is 4.90 Å². The Morgan fingerprint density at radius 3 is 2.73 bits per heavy atom. The van der Waals surface area contributed by atoms with Gasteiger partial charge in [-0.2, -0.15) is 10.4 Å². The molecule has 1 aliphatic rings. The van der Waals surface area contributed by atoms with Crippen LogP contribution < -0.4 is 4.90 Å². The van der Waals surface area contributed by atoms with Gasteiger partial charge < -0.3 is 9.64 Å². The second-order valence-corrected chi connectivity index (χ2v) is 5.75. The SMILES string of the molecule is CCOCCN1CCN(c2nnc(C)c(C)c2C#N)C[C@@H]1C. The van der Waals surface area contributed by atoms with Crippen LogP contribution >= 0.6 is 0 Å². The Hall–Kier alpha value is -1.71. The minimum atomic E-state index is 0.407. The van der Waals surface area contributed by atoms with E-state index < -0.39 is 0 Å². The molecule has 0 radical (unpaired) electrons. The summed E-state index contributed by atoms with van der Waals surface area (Å²) < 4.78 is 5.44. The molecular weight excluding hydrogens is 278 g/mol. The molecule has 1 aromatic heterocycles. The molecule has 1 atom stereocenters. The van der Waals surface area contributed by atoms with Gasteiger partial charge in [0, 0.05) is 38.8 Å². The van der Waals surface area contributed by atoms with Gasteiger partial charge in [-0.15, -0.1) is 5.10 Å². The number of nitrogens with zero attached hydrogens (tertiary/aromatic N) is 5. The third-order valence-corrected chi connectivity index (χ3v) is 4.34.